The van der Waals surface area contributed by atoms with Gasteiger partial charge in [0.2, 0.25) is 0 Å². The van der Waals surface area contributed by atoms with E-state index in [1.165, 1.54) is 4.31 Å². The van der Waals surface area contributed by atoms with Crippen molar-refractivity contribution < 1.29 is 8.42 Å². The Hall–Kier alpha value is -0.210. The molecule has 7 heteroatoms. The van der Waals surface area contributed by atoms with Crippen LogP contribution >= 0.6 is 0 Å². The van der Waals surface area contributed by atoms with Gasteiger partial charge in [-0.1, -0.05) is 6.42 Å². The second-order valence-corrected chi connectivity index (χ2v) is 6.85. The zero-order valence-corrected chi connectivity index (χ0v) is 12.4. The lowest BCUT2D eigenvalue weighted by atomic mass is 10.0. The smallest absolute Gasteiger partial charge is 0.292 e. The Kier molecular flexibility index (Phi) is 6.00. The molecule has 3 N–H and O–H groups in total. The van der Waals surface area contributed by atoms with Crippen LogP contribution in [0.25, 0.3) is 0 Å². The Labute approximate surface area is 111 Å². The van der Waals surface area contributed by atoms with Crippen molar-refractivity contribution in [3.8, 4) is 0 Å². The number of piperidine rings is 1. The van der Waals surface area contributed by atoms with Crippen LogP contribution in [0.4, 0.5) is 0 Å². The molecule has 1 saturated heterocycles. The van der Waals surface area contributed by atoms with Gasteiger partial charge in [0.15, 0.2) is 0 Å². The van der Waals surface area contributed by atoms with Crippen LogP contribution in [0.2, 0.25) is 0 Å². The van der Waals surface area contributed by atoms with Crippen LogP contribution in [0.15, 0.2) is 0 Å². The maximum Gasteiger partial charge on any atom is 0.292 e. The lowest BCUT2D eigenvalue weighted by molar-refractivity contribution is 0.0765. The van der Waals surface area contributed by atoms with Gasteiger partial charge in [-0.2, -0.15) is 12.7 Å². The van der Waals surface area contributed by atoms with E-state index in [4.69, 9.17) is 5.73 Å². The lowest BCUT2D eigenvalue weighted by Gasteiger charge is -2.39. The molecule has 0 amide bonds. The minimum absolute atomic E-state index is 0.242. The van der Waals surface area contributed by atoms with E-state index in [0.29, 0.717) is 19.5 Å². The van der Waals surface area contributed by atoms with Gasteiger partial charge in [-0.3, -0.25) is 0 Å². The minimum Gasteiger partial charge on any atom is -0.330 e. The van der Waals surface area contributed by atoms with Crippen LogP contribution in [0.5, 0.6) is 0 Å². The molecular weight excluding hydrogens is 252 g/mol. The standard InChI is InChI=1S/C11H26N4O2S/c1-10-6-4-7-11(2)15(10)13-18(16,17)14(3)9-5-8-12/h10-11,13H,4-9,12H2,1-3H3. The van der Waals surface area contributed by atoms with Gasteiger partial charge < -0.3 is 5.73 Å². The van der Waals surface area contributed by atoms with E-state index in [0.717, 1.165) is 19.3 Å². The highest BCUT2D eigenvalue weighted by Crippen LogP contribution is 2.20. The molecule has 0 spiro atoms. The van der Waals surface area contributed by atoms with Crippen molar-refractivity contribution in [1.29, 1.82) is 0 Å². The predicted octanol–water partition coefficient (Wildman–Crippen LogP) is 0.279. The summed E-state index contributed by atoms with van der Waals surface area (Å²) in [6.07, 6.45) is 3.88. The van der Waals surface area contributed by atoms with Crippen LogP contribution < -0.4 is 10.6 Å². The van der Waals surface area contributed by atoms with Crippen molar-refractivity contribution in [1.82, 2.24) is 14.1 Å². The number of nitrogens with one attached hydrogen (secondary N) is 1. The summed E-state index contributed by atoms with van der Waals surface area (Å²) in [6, 6.07) is 0.484. The molecule has 1 aliphatic heterocycles. The number of nitrogens with zero attached hydrogens (tertiary/aromatic N) is 2. The fraction of sp³-hybridized carbons (Fsp3) is 1.00. The van der Waals surface area contributed by atoms with Crippen LogP contribution in [0.3, 0.4) is 0 Å². The second kappa shape index (κ2) is 6.81. The van der Waals surface area contributed by atoms with Crippen LogP contribution in [0.1, 0.15) is 39.5 Å². The van der Waals surface area contributed by atoms with Crippen molar-refractivity contribution in [3.05, 3.63) is 0 Å². The molecule has 2 atom stereocenters. The number of nitrogens with two attached hydrogens (primary N) is 1. The fourth-order valence-electron chi connectivity index (χ4n) is 2.24. The third-order valence-electron chi connectivity index (χ3n) is 3.50. The molecule has 18 heavy (non-hydrogen) atoms. The van der Waals surface area contributed by atoms with Crippen molar-refractivity contribution >= 4 is 10.2 Å². The van der Waals surface area contributed by atoms with E-state index in [1.54, 1.807) is 7.05 Å². The Balaban J connectivity index is 2.63. The average molecular weight is 278 g/mol. The molecule has 0 bridgehead atoms. The number of hydrogen-bond donors (Lipinski definition) is 2. The van der Waals surface area contributed by atoms with Crippen molar-refractivity contribution in [2.24, 2.45) is 5.73 Å². The third-order valence-corrected chi connectivity index (χ3v) is 4.95. The lowest BCUT2D eigenvalue weighted by Crippen LogP contribution is -2.56. The van der Waals surface area contributed by atoms with Gasteiger partial charge in [0.05, 0.1) is 0 Å². The van der Waals surface area contributed by atoms with Gasteiger partial charge in [-0.15, -0.1) is 4.83 Å². The summed E-state index contributed by atoms with van der Waals surface area (Å²) in [5, 5.41) is 1.86. The molecule has 108 valence electrons. The molecule has 0 aromatic rings. The zero-order chi connectivity index (χ0) is 13.8. The third kappa shape index (κ3) is 4.17. The molecular formula is C11H26N4O2S. The molecule has 0 radical (unpaired) electrons. The zero-order valence-electron chi connectivity index (χ0n) is 11.6. The summed E-state index contributed by atoms with van der Waals surface area (Å²) >= 11 is 0. The normalized spacial score (nSPS) is 26.7. The second-order valence-electron chi connectivity index (χ2n) is 5.10. The van der Waals surface area contributed by atoms with Crippen LogP contribution in [0, 0.1) is 0 Å². The Morgan fingerprint density at radius 2 is 1.89 bits per heavy atom. The molecule has 1 aliphatic rings. The summed E-state index contributed by atoms with van der Waals surface area (Å²) in [4.78, 5) is 2.69. The number of hydrogen-bond acceptors (Lipinski definition) is 4. The topological polar surface area (TPSA) is 78.7 Å². The van der Waals surface area contributed by atoms with Crippen molar-refractivity contribution in [2.75, 3.05) is 20.1 Å². The van der Waals surface area contributed by atoms with E-state index in [9.17, 15) is 8.42 Å². The summed E-state index contributed by atoms with van der Waals surface area (Å²) in [7, 11) is -1.86. The average Bonchev–Trinajstić information content (AvgIpc) is 2.31. The number of hydrazine groups is 1. The monoisotopic (exact) mass is 278 g/mol. The SMILES string of the molecule is CC1CCCC(C)N1NS(=O)(=O)N(C)CCCN. The van der Waals surface area contributed by atoms with Crippen LogP contribution in [-0.2, 0) is 10.2 Å². The van der Waals surface area contributed by atoms with E-state index in [2.05, 4.69) is 18.7 Å². The number of rotatable bonds is 6. The van der Waals surface area contributed by atoms with Crippen LogP contribution in [-0.4, -0.2) is 50.0 Å². The molecule has 0 aromatic heterocycles. The van der Waals surface area contributed by atoms with Crippen molar-refractivity contribution in [3.63, 3.8) is 0 Å². The van der Waals surface area contributed by atoms with E-state index >= 15 is 0 Å². The van der Waals surface area contributed by atoms with Gasteiger partial charge in [-0.05, 0) is 39.7 Å². The Morgan fingerprint density at radius 1 is 1.33 bits per heavy atom. The summed E-state index contributed by atoms with van der Waals surface area (Å²) < 4.78 is 25.6. The quantitative estimate of drug-likeness (QED) is 0.731. The maximum atomic E-state index is 12.1. The minimum atomic E-state index is -3.44. The fourth-order valence-corrected chi connectivity index (χ4v) is 3.37. The molecule has 1 fully saturated rings. The molecule has 1 rings (SSSR count). The van der Waals surface area contributed by atoms with E-state index in [-0.39, 0.29) is 12.1 Å². The van der Waals surface area contributed by atoms with Gasteiger partial charge in [0, 0.05) is 25.7 Å². The van der Waals surface area contributed by atoms with Crippen molar-refractivity contribution in [2.45, 2.75) is 51.6 Å². The Morgan fingerprint density at radius 3 is 2.39 bits per heavy atom. The first-order valence-corrected chi connectivity index (χ1v) is 8.04. The Bertz CT molecular complexity index is 337. The first-order chi connectivity index (χ1) is 8.38. The van der Waals surface area contributed by atoms with Gasteiger partial charge in [0.25, 0.3) is 10.2 Å². The maximum absolute atomic E-state index is 12.1. The molecule has 0 aromatic carbocycles. The first-order valence-electron chi connectivity index (χ1n) is 6.60. The molecule has 6 nitrogen and oxygen atoms in total. The van der Waals surface area contributed by atoms with E-state index < -0.39 is 10.2 Å². The molecule has 1 heterocycles. The van der Waals surface area contributed by atoms with E-state index in [1.807, 2.05) is 5.01 Å². The summed E-state index contributed by atoms with van der Waals surface area (Å²) in [5.74, 6) is 0. The van der Waals surface area contributed by atoms with Gasteiger partial charge in [0.1, 0.15) is 0 Å². The molecule has 2 unspecified atom stereocenters. The first kappa shape index (κ1) is 15.8. The van der Waals surface area contributed by atoms with Gasteiger partial charge >= 0.3 is 0 Å². The molecule has 0 aliphatic carbocycles. The largest absolute Gasteiger partial charge is 0.330 e. The highest BCUT2D eigenvalue weighted by Gasteiger charge is 2.29. The van der Waals surface area contributed by atoms with Gasteiger partial charge in [-0.25, -0.2) is 5.01 Å². The summed E-state index contributed by atoms with van der Waals surface area (Å²) in [5.41, 5.74) is 5.40. The highest BCUT2D eigenvalue weighted by atomic mass is 32.2. The summed E-state index contributed by atoms with van der Waals surface area (Å²) in [6.45, 7) is 5.05. The predicted molar refractivity (Wildman–Crippen MR) is 73.0 cm³/mol. The molecule has 0 saturated carbocycles. The highest BCUT2D eigenvalue weighted by molar-refractivity contribution is 7.87.